The smallest absolute Gasteiger partial charge is 0.228 e. The van der Waals surface area contributed by atoms with E-state index in [1.165, 1.54) is 17.8 Å². The number of aromatic nitrogens is 5. The third kappa shape index (κ3) is 3.42. The number of hydrogen-bond donors (Lipinski definition) is 2. The molecular formula is C19H20F2N8O2. The van der Waals surface area contributed by atoms with Gasteiger partial charge in [0, 0.05) is 32.1 Å². The van der Waals surface area contributed by atoms with E-state index in [9.17, 15) is 13.6 Å². The van der Waals surface area contributed by atoms with Gasteiger partial charge in [-0.1, -0.05) is 0 Å². The summed E-state index contributed by atoms with van der Waals surface area (Å²) in [4.78, 5) is 26.2. The first-order valence-corrected chi connectivity index (χ1v) is 9.92. The van der Waals surface area contributed by atoms with Gasteiger partial charge < -0.3 is 15.4 Å². The number of hydrogen-bond acceptors (Lipinski definition) is 8. The van der Waals surface area contributed by atoms with Crippen LogP contribution in [0.4, 0.5) is 20.5 Å². The van der Waals surface area contributed by atoms with Gasteiger partial charge in [0.2, 0.25) is 11.9 Å². The lowest BCUT2D eigenvalue weighted by Crippen LogP contribution is -2.30. The monoisotopic (exact) mass is 430 g/mol. The number of nitrogens with one attached hydrogen (secondary N) is 2. The molecule has 12 heteroatoms. The maximum atomic E-state index is 14.7. The average Bonchev–Trinajstić information content (AvgIpc) is 3.48. The minimum atomic E-state index is -1.09. The Bertz CT molecular complexity index is 1150. The lowest BCUT2D eigenvalue weighted by Gasteiger charge is -2.18. The molecule has 0 aliphatic carbocycles. The van der Waals surface area contributed by atoms with Crippen LogP contribution in [0.2, 0.25) is 0 Å². The molecule has 31 heavy (non-hydrogen) atoms. The molecule has 2 aliphatic rings. The van der Waals surface area contributed by atoms with E-state index in [0.717, 1.165) is 12.6 Å². The molecule has 2 saturated heterocycles. The third-order valence-corrected chi connectivity index (χ3v) is 5.43. The summed E-state index contributed by atoms with van der Waals surface area (Å²) >= 11 is 0. The van der Waals surface area contributed by atoms with E-state index in [0.29, 0.717) is 36.7 Å². The van der Waals surface area contributed by atoms with Crippen LogP contribution in [0.25, 0.3) is 17.0 Å². The fourth-order valence-electron chi connectivity index (χ4n) is 3.83. The summed E-state index contributed by atoms with van der Waals surface area (Å²) in [6, 6.07) is 1.13. The molecule has 3 aromatic heterocycles. The standard InChI is InChI=1S/C19H20F2N8O2/c1-31-14-5-15-23-9-13(29(15)27-18(14)28-4-2-3-16(28)30)17-11(21)7-24-19(26-17)25-12-8-22-6-10(12)20/h5,7,9-10,12,22H,2-4,6,8H2,1H3,(H,24,25,26)/t10-,12-/m0/s1. The van der Waals surface area contributed by atoms with Crippen LogP contribution in [0.1, 0.15) is 12.8 Å². The Morgan fingerprint density at radius 1 is 1.29 bits per heavy atom. The number of amides is 1. The number of methoxy groups -OCH3 is 1. The Balaban J connectivity index is 1.57. The van der Waals surface area contributed by atoms with Gasteiger partial charge in [0.1, 0.15) is 17.6 Å². The molecule has 0 bridgehead atoms. The Hall–Kier alpha value is -3.41. The van der Waals surface area contributed by atoms with Gasteiger partial charge in [-0.3, -0.25) is 9.69 Å². The fourth-order valence-corrected chi connectivity index (χ4v) is 3.83. The number of imidazole rings is 1. The van der Waals surface area contributed by atoms with Gasteiger partial charge in [-0.05, 0) is 6.42 Å². The molecular weight excluding hydrogens is 410 g/mol. The van der Waals surface area contributed by atoms with Crippen molar-refractivity contribution in [2.45, 2.75) is 25.1 Å². The summed E-state index contributed by atoms with van der Waals surface area (Å²) in [6.45, 7) is 1.18. The van der Waals surface area contributed by atoms with Gasteiger partial charge >= 0.3 is 0 Å². The van der Waals surface area contributed by atoms with Crippen LogP contribution in [0, 0.1) is 5.82 Å². The van der Waals surface area contributed by atoms with Crippen molar-refractivity contribution >= 4 is 23.3 Å². The summed E-state index contributed by atoms with van der Waals surface area (Å²) in [7, 11) is 1.49. The van der Waals surface area contributed by atoms with Gasteiger partial charge in [0.15, 0.2) is 23.0 Å². The second-order valence-electron chi connectivity index (χ2n) is 7.41. The van der Waals surface area contributed by atoms with Crippen LogP contribution < -0.4 is 20.3 Å². The van der Waals surface area contributed by atoms with E-state index in [2.05, 4.69) is 30.7 Å². The molecule has 2 atom stereocenters. The topological polar surface area (TPSA) is 110 Å². The van der Waals surface area contributed by atoms with Crippen molar-refractivity contribution < 1.29 is 18.3 Å². The normalized spacial score (nSPS) is 21.3. The van der Waals surface area contributed by atoms with Crippen LogP contribution in [0.15, 0.2) is 18.5 Å². The SMILES string of the molecule is COc1cc2ncc(-c3nc(N[C@H]4CNC[C@@H]4F)ncc3F)n2nc1N1CCCC1=O. The number of fused-ring (bicyclic) bond motifs is 1. The van der Waals surface area contributed by atoms with E-state index in [-0.39, 0.29) is 29.8 Å². The van der Waals surface area contributed by atoms with Crippen molar-refractivity contribution in [1.82, 2.24) is 29.9 Å². The molecule has 0 spiro atoms. The molecule has 0 aromatic carbocycles. The molecule has 0 radical (unpaired) electrons. The van der Waals surface area contributed by atoms with Crippen molar-refractivity contribution in [2.24, 2.45) is 0 Å². The second-order valence-corrected chi connectivity index (χ2v) is 7.41. The second kappa shape index (κ2) is 7.69. The Morgan fingerprint density at radius 2 is 2.16 bits per heavy atom. The average molecular weight is 430 g/mol. The van der Waals surface area contributed by atoms with E-state index in [4.69, 9.17) is 4.74 Å². The highest BCUT2D eigenvalue weighted by molar-refractivity contribution is 5.95. The first-order valence-electron chi connectivity index (χ1n) is 9.92. The number of alkyl halides is 1. The van der Waals surface area contributed by atoms with Crippen molar-refractivity contribution in [2.75, 3.05) is 37.0 Å². The number of rotatable bonds is 5. The van der Waals surface area contributed by atoms with Crippen LogP contribution in [0.3, 0.4) is 0 Å². The number of anilines is 2. The molecule has 2 fully saturated rings. The van der Waals surface area contributed by atoms with Crippen molar-refractivity contribution in [3.05, 3.63) is 24.3 Å². The molecule has 3 aromatic rings. The highest BCUT2D eigenvalue weighted by atomic mass is 19.1. The highest BCUT2D eigenvalue weighted by Crippen LogP contribution is 2.32. The maximum Gasteiger partial charge on any atom is 0.228 e. The number of carbonyl (C=O) groups excluding carboxylic acids is 1. The quantitative estimate of drug-likeness (QED) is 0.621. The molecule has 5 heterocycles. The summed E-state index contributed by atoms with van der Waals surface area (Å²) < 4.78 is 35.4. The molecule has 2 aliphatic heterocycles. The Labute approximate surface area is 175 Å². The van der Waals surface area contributed by atoms with E-state index >= 15 is 0 Å². The Morgan fingerprint density at radius 3 is 2.87 bits per heavy atom. The number of carbonyl (C=O) groups is 1. The van der Waals surface area contributed by atoms with Gasteiger partial charge in [-0.15, -0.1) is 5.10 Å². The lowest BCUT2D eigenvalue weighted by molar-refractivity contribution is -0.117. The predicted molar refractivity (Wildman–Crippen MR) is 107 cm³/mol. The predicted octanol–water partition coefficient (Wildman–Crippen LogP) is 1.18. The lowest BCUT2D eigenvalue weighted by atomic mass is 10.2. The van der Waals surface area contributed by atoms with Gasteiger partial charge in [-0.2, -0.15) is 0 Å². The molecule has 162 valence electrons. The highest BCUT2D eigenvalue weighted by Gasteiger charge is 2.29. The van der Waals surface area contributed by atoms with Gasteiger partial charge in [-0.25, -0.2) is 28.2 Å². The summed E-state index contributed by atoms with van der Waals surface area (Å²) in [5, 5.41) is 10.3. The molecule has 10 nitrogen and oxygen atoms in total. The van der Waals surface area contributed by atoms with Crippen molar-refractivity contribution in [3.8, 4) is 17.1 Å². The van der Waals surface area contributed by atoms with E-state index < -0.39 is 18.0 Å². The summed E-state index contributed by atoms with van der Waals surface area (Å²) in [5.74, 6) is 0.101. The van der Waals surface area contributed by atoms with Crippen LogP contribution in [0.5, 0.6) is 5.75 Å². The molecule has 5 rings (SSSR count). The zero-order chi connectivity index (χ0) is 21.5. The number of halogens is 2. The summed E-state index contributed by atoms with van der Waals surface area (Å²) in [5.41, 5.74) is 0.635. The van der Waals surface area contributed by atoms with Crippen LogP contribution >= 0.6 is 0 Å². The first-order chi connectivity index (χ1) is 15.0. The van der Waals surface area contributed by atoms with E-state index in [1.807, 2.05) is 0 Å². The Kier molecular flexibility index (Phi) is 4.85. The zero-order valence-electron chi connectivity index (χ0n) is 16.7. The largest absolute Gasteiger partial charge is 0.493 e. The zero-order valence-corrected chi connectivity index (χ0v) is 16.7. The minimum absolute atomic E-state index is 0.0391. The minimum Gasteiger partial charge on any atom is -0.493 e. The molecule has 2 N–H and O–H groups in total. The van der Waals surface area contributed by atoms with Gasteiger partial charge in [0.05, 0.1) is 25.5 Å². The summed E-state index contributed by atoms with van der Waals surface area (Å²) in [6.07, 6.45) is 2.51. The van der Waals surface area contributed by atoms with Crippen molar-refractivity contribution in [1.29, 1.82) is 0 Å². The molecule has 0 unspecified atom stereocenters. The van der Waals surface area contributed by atoms with Crippen molar-refractivity contribution in [3.63, 3.8) is 0 Å². The van der Waals surface area contributed by atoms with Crippen LogP contribution in [-0.2, 0) is 4.79 Å². The first kappa shape index (κ1) is 19.5. The van der Waals surface area contributed by atoms with Crippen LogP contribution in [-0.4, -0.2) is 69.4 Å². The fraction of sp³-hybridized carbons (Fsp3) is 0.421. The molecule has 0 saturated carbocycles. The number of ether oxygens (including phenoxy) is 1. The third-order valence-electron chi connectivity index (χ3n) is 5.43. The van der Waals surface area contributed by atoms with E-state index in [1.54, 1.807) is 11.0 Å². The maximum absolute atomic E-state index is 14.7. The molecule has 1 amide bonds. The van der Waals surface area contributed by atoms with Gasteiger partial charge in [0.25, 0.3) is 0 Å². The number of nitrogens with zero attached hydrogens (tertiary/aromatic N) is 6.